The first-order valence-electron chi connectivity index (χ1n) is 12.5. The van der Waals surface area contributed by atoms with Gasteiger partial charge in [0.2, 0.25) is 5.95 Å². The second kappa shape index (κ2) is 10.3. The maximum Gasteiger partial charge on any atom is 0.257 e. The van der Waals surface area contributed by atoms with E-state index >= 15 is 0 Å². The summed E-state index contributed by atoms with van der Waals surface area (Å²) in [5.74, 6) is 0.862. The largest absolute Gasteiger partial charge is 0.396 e. The molecule has 2 fully saturated rings. The minimum atomic E-state index is -0.134. The lowest BCUT2D eigenvalue weighted by Crippen LogP contribution is -2.42. The van der Waals surface area contributed by atoms with Crippen molar-refractivity contribution in [2.24, 2.45) is 5.92 Å². The van der Waals surface area contributed by atoms with Crippen LogP contribution in [0.25, 0.3) is 11.0 Å². The number of nitrogens with one attached hydrogen (secondary N) is 2. The van der Waals surface area contributed by atoms with E-state index in [4.69, 9.17) is 4.98 Å². The number of anilines is 1. The third kappa shape index (κ3) is 5.02. The fraction of sp³-hybridized carbons (Fsp3) is 0.481. The molecule has 5 rings (SSSR count). The molecule has 7 heteroatoms. The first kappa shape index (κ1) is 23.0. The number of nitrogens with zero attached hydrogens (tertiary/aromatic N) is 3. The molecule has 7 nitrogen and oxygen atoms in total. The summed E-state index contributed by atoms with van der Waals surface area (Å²) in [6.45, 7) is 7.33. The van der Waals surface area contributed by atoms with E-state index in [0.29, 0.717) is 17.4 Å². The van der Waals surface area contributed by atoms with Crippen molar-refractivity contribution in [3.05, 3.63) is 59.2 Å². The van der Waals surface area contributed by atoms with Gasteiger partial charge in [0, 0.05) is 50.9 Å². The Balaban J connectivity index is 1.46. The van der Waals surface area contributed by atoms with Gasteiger partial charge in [0.05, 0.1) is 11.0 Å². The summed E-state index contributed by atoms with van der Waals surface area (Å²) in [5.41, 5.74) is 4.94. The standard InChI is InChI=1S/C27H35N5O2/c1-19-3-2-4-22(15-19)26(34)30-27-29-24-16-21(17-31-13-11-28-12-14-31)7-10-25(24)32(27)23-8-5-20(18-33)6-9-23/h2-4,7,10,15-16,20,23,28,33H,5-6,8-9,11-14,17-18H2,1H3,(H,29,30,34). The van der Waals surface area contributed by atoms with Gasteiger partial charge in [-0.2, -0.15) is 0 Å². The number of hydrogen-bond donors (Lipinski definition) is 3. The highest BCUT2D eigenvalue weighted by molar-refractivity contribution is 6.04. The molecule has 180 valence electrons. The Morgan fingerprint density at radius 3 is 2.65 bits per heavy atom. The third-order valence-electron chi connectivity index (χ3n) is 7.31. The molecule has 0 spiro atoms. The summed E-state index contributed by atoms with van der Waals surface area (Å²) < 4.78 is 2.23. The van der Waals surface area contributed by atoms with Crippen LogP contribution in [0.5, 0.6) is 0 Å². The molecule has 0 radical (unpaired) electrons. The van der Waals surface area contributed by atoms with E-state index in [1.54, 1.807) is 0 Å². The molecule has 2 aliphatic rings. The Hall–Kier alpha value is -2.74. The van der Waals surface area contributed by atoms with E-state index in [1.807, 2.05) is 31.2 Å². The number of benzene rings is 2. The molecule has 2 aromatic carbocycles. The number of carbonyl (C=O) groups is 1. The number of aromatic nitrogens is 2. The van der Waals surface area contributed by atoms with Crippen LogP contribution in [0.2, 0.25) is 0 Å². The number of aliphatic hydroxyl groups is 1. The van der Waals surface area contributed by atoms with Gasteiger partial charge >= 0.3 is 0 Å². The first-order valence-corrected chi connectivity index (χ1v) is 12.5. The van der Waals surface area contributed by atoms with Gasteiger partial charge in [-0.1, -0.05) is 23.8 Å². The number of amides is 1. The van der Waals surface area contributed by atoms with Gasteiger partial charge < -0.3 is 15.0 Å². The molecule has 1 aromatic heterocycles. The molecule has 3 N–H and O–H groups in total. The van der Waals surface area contributed by atoms with Crippen molar-refractivity contribution >= 4 is 22.9 Å². The Labute approximate surface area is 201 Å². The second-order valence-electron chi connectivity index (χ2n) is 9.84. The van der Waals surface area contributed by atoms with Crippen LogP contribution < -0.4 is 10.6 Å². The molecule has 1 saturated carbocycles. The smallest absolute Gasteiger partial charge is 0.257 e. The SMILES string of the molecule is Cc1cccc(C(=O)Nc2nc3cc(CN4CCNCC4)ccc3n2C2CCC(CO)CC2)c1. The van der Waals surface area contributed by atoms with E-state index in [2.05, 4.69) is 38.3 Å². The second-order valence-corrected chi connectivity index (χ2v) is 9.84. The Bertz CT molecular complexity index is 1140. The van der Waals surface area contributed by atoms with Crippen LogP contribution in [0.3, 0.4) is 0 Å². The van der Waals surface area contributed by atoms with Crippen LogP contribution in [0, 0.1) is 12.8 Å². The zero-order valence-electron chi connectivity index (χ0n) is 20.0. The van der Waals surface area contributed by atoms with E-state index in [1.165, 1.54) is 5.56 Å². The number of fused-ring (bicyclic) bond motifs is 1. The molecule has 1 aliphatic carbocycles. The maximum absolute atomic E-state index is 13.1. The van der Waals surface area contributed by atoms with E-state index in [0.717, 1.165) is 75.0 Å². The lowest BCUT2D eigenvalue weighted by molar-refractivity contribution is 0.102. The minimum absolute atomic E-state index is 0.134. The molecule has 1 saturated heterocycles. The summed E-state index contributed by atoms with van der Waals surface area (Å²) in [6, 6.07) is 14.5. The highest BCUT2D eigenvalue weighted by atomic mass is 16.3. The molecule has 1 amide bonds. The average molecular weight is 462 g/mol. The molecule has 1 aliphatic heterocycles. The molecular weight excluding hydrogens is 426 g/mol. The van der Waals surface area contributed by atoms with Gasteiger partial charge in [0.15, 0.2) is 0 Å². The van der Waals surface area contributed by atoms with Crippen molar-refractivity contribution in [2.45, 2.75) is 45.2 Å². The van der Waals surface area contributed by atoms with Crippen molar-refractivity contribution in [3.8, 4) is 0 Å². The topological polar surface area (TPSA) is 82.4 Å². The fourth-order valence-electron chi connectivity index (χ4n) is 5.37. The van der Waals surface area contributed by atoms with Crippen molar-refractivity contribution in [2.75, 3.05) is 38.1 Å². The molecule has 3 aromatic rings. The predicted molar refractivity (Wildman–Crippen MR) is 135 cm³/mol. The van der Waals surface area contributed by atoms with Gasteiger partial charge in [-0.15, -0.1) is 0 Å². The lowest BCUT2D eigenvalue weighted by Gasteiger charge is -2.30. The highest BCUT2D eigenvalue weighted by Crippen LogP contribution is 2.37. The zero-order valence-corrected chi connectivity index (χ0v) is 20.0. The zero-order chi connectivity index (χ0) is 23.5. The quantitative estimate of drug-likeness (QED) is 0.521. The van der Waals surface area contributed by atoms with Crippen molar-refractivity contribution in [3.63, 3.8) is 0 Å². The maximum atomic E-state index is 13.1. The summed E-state index contributed by atoms with van der Waals surface area (Å²) in [4.78, 5) is 20.5. The number of piperazine rings is 1. The highest BCUT2D eigenvalue weighted by Gasteiger charge is 2.26. The number of rotatable bonds is 6. The van der Waals surface area contributed by atoms with Gasteiger partial charge in [0.25, 0.3) is 5.91 Å². The van der Waals surface area contributed by atoms with E-state index in [9.17, 15) is 9.90 Å². The number of carbonyl (C=O) groups excluding carboxylic acids is 1. The summed E-state index contributed by atoms with van der Waals surface area (Å²) >= 11 is 0. The van der Waals surface area contributed by atoms with Gasteiger partial charge in [-0.25, -0.2) is 4.98 Å². The number of imidazole rings is 1. The van der Waals surface area contributed by atoms with Crippen LogP contribution in [0.1, 0.15) is 53.2 Å². The fourth-order valence-corrected chi connectivity index (χ4v) is 5.37. The van der Waals surface area contributed by atoms with Gasteiger partial charge in [-0.05, 0) is 68.4 Å². The Kier molecular flexibility index (Phi) is 6.94. The summed E-state index contributed by atoms with van der Waals surface area (Å²) in [5, 5.41) is 16.1. The molecular formula is C27H35N5O2. The van der Waals surface area contributed by atoms with Crippen molar-refractivity contribution in [1.82, 2.24) is 19.8 Å². The monoisotopic (exact) mass is 461 g/mol. The van der Waals surface area contributed by atoms with Crippen LogP contribution >= 0.6 is 0 Å². The number of hydrogen-bond acceptors (Lipinski definition) is 5. The summed E-state index contributed by atoms with van der Waals surface area (Å²) in [7, 11) is 0. The van der Waals surface area contributed by atoms with Crippen molar-refractivity contribution in [1.29, 1.82) is 0 Å². The van der Waals surface area contributed by atoms with Crippen molar-refractivity contribution < 1.29 is 9.90 Å². The van der Waals surface area contributed by atoms with Crippen LogP contribution in [0.15, 0.2) is 42.5 Å². The number of aliphatic hydroxyl groups excluding tert-OH is 1. The van der Waals surface area contributed by atoms with Crippen LogP contribution in [-0.4, -0.2) is 58.3 Å². The average Bonchev–Trinajstić information content (AvgIpc) is 3.21. The van der Waals surface area contributed by atoms with Gasteiger partial charge in [-0.3, -0.25) is 15.0 Å². The van der Waals surface area contributed by atoms with Crippen LogP contribution in [0.4, 0.5) is 5.95 Å². The minimum Gasteiger partial charge on any atom is -0.396 e. The third-order valence-corrected chi connectivity index (χ3v) is 7.31. The van der Waals surface area contributed by atoms with Crippen LogP contribution in [-0.2, 0) is 6.54 Å². The molecule has 34 heavy (non-hydrogen) atoms. The summed E-state index contributed by atoms with van der Waals surface area (Å²) in [6.07, 6.45) is 3.94. The number of aryl methyl sites for hydroxylation is 1. The normalized spacial score (nSPS) is 21.6. The lowest BCUT2D eigenvalue weighted by atomic mass is 9.86. The molecule has 0 bridgehead atoms. The van der Waals surface area contributed by atoms with E-state index < -0.39 is 0 Å². The van der Waals surface area contributed by atoms with Gasteiger partial charge in [0.1, 0.15) is 0 Å². The van der Waals surface area contributed by atoms with E-state index in [-0.39, 0.29) is 18.6 Å². The predicted octanol–water partition coefficient (Wildman–Crippen LogP) is 3.73. The Morgan fingerprint density at radius 2 is 1.91 bits per heavy atom. The molecule has 0 unspecified atom stereocenters. The molecule has 2 heterocycles. The molecule has 0 atom stereocenters. The Morgan fingerprint density at radius 1 is 1.12 bits per heavy atom. The first-order chi connectivity index (χ1) is 16.6.